The second-order valence-electron chi connectivity index (χ2n) is 3.15. The van der Waals surface area contributed by atoms with E-state index in [2.05, 4.69) is 34.7 Å². The summed E-state index contributed by atoms with van der Waals surface area (Å²) in [6, 6.07) is 6.37. The zero-order valence-electron chi connectivity index (χ0n) is 7.88. The van der Waals surface area contributed by atoms with Gasteiger partial charge in [-0.3, -0.25) is 0 Å². The number of hydrogen-bond donors (Lipinski definition) is 1. The van der Waals surface area contributed by atoms with E-state index in [-0.39, 0.29) is 6.04 Å². The second kappa shape index (κ2) is 4.81. The second-order valence-corrected chi connectivity index (χ2v) is 4.31. The van der Waals surface area contributed by atoms with Crippen LogP contribution in [0.4, 0.5) is 0 Å². The molecule has 2 N–H and O–H groups in total. The molecule has 72 valence electrons. The van der Waals surface area contributed by atoms with Gasteiger partial charge in [-0.15, -0.1) is 0 Å². The van der Waals surface area contributed by atoms with Gasteiger partial charge in [0.2, 0.25) is 0 Å². The normalized spacial score (nSPS) is 12.6. The number of halogens is 1. The van der Waals surface area contributed by atoms with Gasteiger partial charge in [-0.05, 0) is 53.6 Å². The van der Waals surface area contributed by atoms with Crippen LogP contribution in [0, 0.1) is 3.57 Å². The highest BCUT2D eigenvalue weighted by Crippen LogP contribution is 2.21. The van der Waals surface area contributed by atoms with E-state index in [1.165, 1.54) is 5.56 Å². The van der Waals surface area contributed by atoms with Crippen LogP contribution in [0.1, 0.15) is 12.5 Å². The molecule has 0 unspecified atom stereocenters. The molecule has 0 aromatic heterocycles. The van der Waals surface area contributed by atoms with E-state index < -0.39 is 0 Å². The first-order valence-electron chi connectivity index (χ1n) is 4.21. The largest absolute Gasteiger partial charge is 0.496 e. The summed E-state index contributed by atoms with van der Waals surface area (Å²) in [6.45, 7) is 2.01. The van der Waals surface area contributed by atoms with Crippen LogP contribution in [0.5, 0.6) is 5.75 Å². The van der Waals surface area contributed by atoms with E-state index in [0.717, 1.165) is 15.7 Å². The van der Waals surface area contributed by atoms with Crippen molar-refractivity contribution in [3.63, 3.8) is 0 Å². The Bertz CT molecular complexity index is 286. The first-order valence-corrected chi connectivity index (χ1v) is 5.29. The fourth-order valence-corrected chi connectivity index (χ4v) is 2.01. The first-order chi connectivity index (χ1) is 6.13. The molecule has 0 amide bonds. The van der Waals surface area contributed by atoms with Crippen molar-refractivity contribution in [1.82, 2.24) is 0 Å². The molecule has 0 aliphatic heterocycles. The Morgan fingerprint density at radius 1 is 1.54 bits per heavy atom. The first kappa shape index (κ1) is 10.8. The standard InChI is InChI=1S/C10H14INO/c1-7(12)5-8-3-4-10(13-2)9(11)6-8/h3-4,6-7H,5,12H2,1-2H3/t7-/m0/s1. The van der Waals surface area contributed by atoms with E-state index in [1.54, 1.807) is 7.11 Å². The van der Waals surface area contributed by atoms with Crippen molar-refractivity contribution in [2.45, 2.75) is 19.4 Å². The molecular weight excluding hydrogens is 277 g/mol. The average Bonchev–Trinajstić information content (AvgIpc) is 2.03. The van der Waals surface area contributed by atoms with Crippen molar-refractivity contribution in [3.8, 4) is 5.75 Å². The Balaban J connectivity index is 2.83. The molecule has 0 bridgehead atoms. The number of benzene rings is 1. The van der Waals surface area contributed by atoms with E-state index in [4.69, 9.17) is 10.5 Å². The lowest BCUT2D eigenvalue weighted by Gasteiger charge is -2.08. The van der Waals surface area contributed by atoms with Crippen molar-refractivity contribution in [1.29, 1.82) is 0 Å². The maximum absolute atomic E-state index is 5.71. The molecule has 1 aromatic rings. The van der Waals surface area contributed by atoms with Crippen molar-refractivity contribution in [2.24, 2.45) is 5.73 Å². The summed E-state index contributed by atoms with van der Waals surface area (Å²) in [6.07, 6.45) is 0.917. The van der Waals surface area contributed by atoms with E-state index >= 15 is 0 Å². The van der Waals surface area contributed by atoms with E-state index in [1.807, 2.05) is 13.0 Å². The zero-order valence-corrected chi connectivity index (χ0v) is 10.0. The Morgan fingerprint density at radius 2 is 2.23 bits per heavy atom. The fourth-order valence-electron chi connectivity index (χ4n) is 1.21. The van der Waals surface area contributed by atoms with Gasteiger partial charge in [0.25, 0.3) is 0 Å². The highest BCUT2D eigenvalue weighted by Gasteiger charge is 2.02. The fraction of sp³-hybridized carbons (Fsp3) is 0.400. The minimum absolute atomic E-state index is 0.212. The minimum atomic E-state index is 0.212. The van der Waals surface area contributed by atoms with Crippen LogP contribution < -0.4 is 10.5 Å². The van der Waals surface area contributed by atoms with Crippen molar-refractivity contribution in [2.75, 3.05) is 7.11 Å². The number of methoxy groups -OCH3 is 1. The Kier molecular flexibility index (Phi) is 3.99. The molecule has 0 saturated heterocycles. The third-order valence-electron chi connectivity index (χ3n) is 1.77. The predicted molar refractivity (Wildman–Crippen MR) is 63.1 cm³/mol. The van der Waals surface area contributed by atoms with E-state index in [0.29, 0.717) is 0 Å². The van der Waals surface area contributed by atoms with Gasteiger partial charge >= 0.3 is 0 Å². The Labute approximate surface area is 92.6 Å². The molecule has 2 nitrogen and oxygen atoms in total. The molecular formula is C10H14INO. The molecule has 0 aliphatic carbocycles. The number of rotatable bonds is 3. The van der Waals surface area contributed by atoms with Crippen LogP contribution >= 0.6 is 22.6 Å². The van der Waals surface area contributed by atoms with Gasteiger partial charge in [0, 0.05) is 6.04 Å². The summed E-state index contributed by atoms with van der Waals surface area (Å²) >= 11 is 2.27. The van der Waals surface area contributed by atoms with Gasteiger partial charge in [-0.1, -0.05) is 6.07 Å². The summed E-state index contributed by atoms with van der Waals surface area (Å²) in [5, 5.41) is 0. The summed E-state index contributed by atoms with van der Waals surface area (Å²) in [4.78, 5) is 0. The third-order valence-corrected chi connectivity index (χ3v) is 2.62. The summed E-state index contributed by atoms with van der Waals surface area (Å²) in [5.41, 5.74) is 6.98. The van der Waals surface area contributed by atoms with Gasteiger partial charge in [0.05, 0.1) is 10.7 Å². The Hall–Kier alpha value is -0.290. The summed E-state index contributed by atoms with van der Waals surface area (Å²) in [5.74, 6) is 0.925. The molecule has 0 spiro atoms. The highest BCUT2D eigenvalue weighted by molar-refractivity contribution is 14.1. The summed E-state index contributed by atoms with van der Waals surface area (Å²) < 4.78 is 6.30. The van der Waals surface area contributed by atoms with Crippen LogP contribution in [0.3, 0.4) is 0 Å². The van der Waals surface area contributed by atoms with Gasteiger partial charge in [0.15, 0.2) is 0 Å². The molecule has 1 aromatic carbocycles. The van der Waals surface area contributed by atoms with Crippen molar-refractivity contribution < 1.29 is 4.74 Å². The molecule has 0 radical (unpaired) electrons. The van der Waals surface area contributed by atoms with Gasteiger partial charge in [-0.25, -0.2) is 0 Å². The maximum Gasteiger partial charge on any atom is 0.132 e. The molecule has 0 saturated carbocycles. The quantitative estimate of drug-likeness (QED) is 0.866. The molecule has 1 rings (SSSR count). The van der Waals surface area contributed by atoms with Crippen LogP contribution in [0.2, 0.25) is 0 Å². The maximum atomic E-state index is 5.71. The minimum Gasteiger partial charge on any atom is -0.496 e. The predicted octanol–water partition coefficient (Wildman–Crippen LogP) is 2.19. The lowest BCUT2D eigenvalue weighted by molar-refractivity contribution is 0.411. The van der Waals surface area contributed by atoms with Crippen LogP contribution in [0.15, 0.2) is 18.2 Å². The third kappa shape index (κ3) is 3.15. The smallest absolute Gasteiger partial charge is 0.132 e. The SMILES string of the molecule is COc1ccc(C[C@H](C)N)cc1I. The summed E-state index contributed by atoms with van der Waals surface area (Å²) in [7, 11) is 1.68. The number of ether oxygens (including phenoxy) is 1. The van der Waals surface area contributed by atoms with Crippen molar-refractivity contribution in [3.05, 3.63) is 27.3 Å². The van der Waals surface area contributed by atoms with Crippen LogP contribution in [0.25, 0.3) is 0 Å². The lowest BCUT2D eigenvalue weighted by Crippen LogP contribution is -2.17. The molecule has 3 heteroatoms. The van der Waals surface area contributed by atoms with Crippen molar-refractivity contribution >= 4 is 22.6 Å². The lowest BCUT2D eigenvalue weighted by atomic mass is 10.1. The van der Waals surface area contributed by atoms with Gasteiger partial charge in [-0.2, -0.15) is 0 Å². The van der Waals surface area contributed by atoms with E-state index in [9.17, 15) is 0 Å². The Morgan fingerprint density at radius 3 is 2.69 bits per heavy atom. The van der Waals surface area contributed by atoms with Crippen LogP contribution in [-0.2, 0) is 6.42 Å². The average molecular weight is 291 g/mol. The molecule has 0 heterocycles. The molecule has 13 heavy (non-hydrogen) atoms. The topological polar surface area (TPSA) is 35.2 Å². The van der Waals surface area contributed by atoms with Crippen LogP contribution in [-0.4, -0.2) is 13.2 Å². The van der Waals surface area contributed by atoms with Gasteiger partial charge in [0.1, 0.15) is 5.75 Å². The number of hydrogen-bond acceptors (Lipinski definition) is 2. The van der Waals surface area contributed by atoms with Gasteiger partial charge < -0.3 is 10.5 Å². The molecule has 0 fully saturated rings. The zero-order chi connectivity index (χ0) is 9.84. The number of nitrogens with two attached hydrogens (primary N) is 1. The molecule has 1 atom stereocenters. The molecule has 0 aliphatic rings. The highest BCUT2D eigenvalue weighted by atomic mass is 127. The monoisotopic (exact) mass is 291 g/mol.